The molecule has 2 aromatic rings. The molecule has 6 N–H and O–H groups in total. The Morgan fingerprint density at radius 1 is 1.25 bits per heavy atom. The highest BCUT2D eigenvalue weighted by Gasteiger charge is 2.53. The van der Waals surface area contributed by atoms with Crippen LogP contribution in [0.4, 0.5) is 14.7 Å². The minimum Gasteiger partial charge on any atom is -0.492 e. The van der Waals surface area contributed by atoms with Crippen molar-refractivity contribution in [3.8, 4) is 17.0 Å². The normalized spacial score (nSPS) is 33.5. The number of nitrogens with zero attached hydrogens (tertiary/aromatic N) is 2. The van der Waals surface area contributed by atoms with Crippen LogP contribution in [0.15, 0.2) is 12.3 Å². The summed E-state index contributed by atoms with van der Waals surface area (Å²) in [4.78, 5) is 8.31. The second-order valence-corrected chi connectivity index (χ2v) is 9.24. The molecule has 0 spiro atoms. The van der Waals surface area contributed by atoms with Crippen LogP contribution in [0.5, 0.6) is 5.75 Å². The molecule has 8 nitrogen and oxygen atoms in total. The average molecular weight is 447 g/mol. The van der Waals surface area contributed by atoms with Crippen molar-refractivity contribution in [1.29, 1.82) is 0 Å². The Morgan fingerprint density at radius 3 is 2.78 bits per heavy atom. The first-order chi connectivity index (χ1) is 15.2. The van der Waals surface area contributed by atoms with E-state index in [2.05, 4.69) is 15.3 Å². The van der Waals surface area contributed by atoms with Gasteiger partial charge in [0.1, 0.15) is 17.3 Å². The molecule has 6 atom stereocenters. The number of hydrogen-bond donors (Lipinski definition) is 4. The van der Waals surface area contributed by atoms with Crippen molar-refractivity contribution in [2.45, 2.75) is 49.9 Å². The quantitative estimate of drug-likeness (QED) is 0.561. The Bertz CT molecular complexity index is 1070. The summed E-state index contributed by atoms with van der Waals surface area (Å²) in [6.45, 7) is 4.82. The lowest BCUT2D eigenvalue weighted by molar-refractivity contribution is -0.0136. The van der Waals surface area contributed by atoms with Crippen molar-refractivity contribution in [1.82, 2.24) is 9.97 Å². The van der Waals surface area contributed by atoms with Gasteiger partial charge in [-0.3, -0.25) is 0 Å². The number of ether oxygens (including phenoxy) is 2. The van der Waals surface area contributed by atoms with Crippen LogP contribution in [0, 0.1) is 17.6 Å². The van der Waals surface area contributed by atoms with Crippen LogP contribution in [0.25, 0.3) is 11.3 Å². The predicted molar refractivity (Wildman–Crippen MR) is 113 cm³/mol. The van der Waals surface area contributed by atoms with E-state index in [9.17, 15) is 9.50 Å². The lowest BCUT2D eigenvalue weighted by Gasteiger charge is -2.38. The Labute approximate surface area is 184 Å². The maximum Gasteiger partial charge on any atom is 0.223 e. The fourth-order valence-corrected chi connectivity index (χ4v) is 5.33. The number of nitrogens with one attached hydrogen (secondary N) is 1. The van der Waals surface area contributed by atoms with Crippen molar-refractivity contribution < 1.29 is 23.4 Å². The van der Waals surface area contributed by atoms with Gasteiger partial charge in [-0.15, -0.1) is 0 Å². The summed E-state index contributed by atoms with van der Waals surface area (Å²) in [7, 11) is 0. The number of rotatable bonds is 3. The monoisotopic (exact) mass is 447 g/mol. The van der Waals surface area contributed by atoms with Crippen molar-refractivity contribution in [3.05, 3.63) is 35.0 Å². The van der Waals surface area contributed by atoms with Crippen LogP contribution in [-0.2, 0) is 4.74 Å². The van der Waals surface area contributed by atoms with Crippen LogP contribution in [0.1, 0.15) is 43.4 Å². The molecule has 1 saturated heterocycles. The number of anilines is 1. The minimum absolute atomic E-state index is 0.0157. The minimum atomic E-state index is -0.865. The zero-order valence-corrected chi connectivity index (χ0v) is 17.9. The van der Waals surface area contributed by atoms with E-state index in [1.165, 1.54) is 6.07 Å². The van der Waals surface area contributed by atoms with Gasteiger partial charge in [0.25, 0.3) is 0 Å². The van der Waals surface area contributed by atoms with Gasteiger partial charge in [-0.2, -0.15) is 0 Å². The van der Waals surface area contributed by atoms with Crippen LogP contribution in [0.2, 0.25) is 0 Å². The molecule has 1 aromatic heterocycles. The van der Waals surface area contributed by atoms with Gasteiger partial charge in [-0.25, -0.2) is 18.7 Å². The van der Waals surface area contributed by atoms with E-state index < -0.39 is 29.3 Å². The summed E-state index contributed by atoms with van der Waals surface area (Å²) in [6, 6.07) is 0.164. The van der Waals surface area contributed by atoms with Gasteiger partial charge in [0.15, 0.2) is 5.82 Å². The smallest absolute Gasteiger partial charge is 0.223 e. The third kappa shape index (κ3) is 3.16. The number of aliphatic hydroxyl groups is 1. The van der Waals surface area contributed by atoms with Crippen LogP contribution in [-0.4, -0.2) is 52.6 Å². The first-order valence-corrected chi connectivity index (χ1v) is 10.8. The van der Waals surface area contributed by atoms with Gasteiger partial charge in [0.2, 0.25) is 5.95 Å². The highest BCUT2D eigenvalue weighted by atomic mass is 19.1. The van der Waals surface area contributed by atoms with E-state index in [0.717, 1.165) is 6.20 Å². The van der Waals surface area contributed by atoms with Gasteiger partial charge in [-0.05, 0) is 25.3 Å². The third-order valence-corrected chi connectivity index (χ3v) is 6.97. The Hall–Kier alpha value is -2.40. The van der Waals surface area contributed by atoms with Crippen molar-refractivity contribution in [2.75, 3.05) is 25.1 Å². The highest BCUT2D eigenvalue weighted by molar-refractivity contribution is 5.74. The molecule has 172 valence electrons. The molecule has 3 aliphatic rings. The Kier molecular flexibility index (Phi) is 5.08. The molecule has 0 saturated carbocycles. The summed E-state index contributed by atoms with van der Waals surface area (Å²) >= 11 is 0. The van der Waals surface area contributed by atoms with E-state index >= 15 is 4.39 Å². The zero-order chi connectivity index (χ0) is 22.8. The van der Waals surface area contributed by atoms with E-state index in [-0.39, 0.29) is 41.7 Å². The van der Waals surface area contributed by atoms with Gasteiger partial charge in [0.05, 0.1) is 37.6 Å². The van der Waals surface area contributed by atoms with Crippen LogP contribution >= 0.6 is 0 Å². The molecule has 0 radical (unpaired) electrons. The van der Waals surface area contributed by atoms with E-state index in [4.69, 9.17) is 20.9 Å². The van der Waals surface area contributed by atoms with Crippen molar-refractivity contribution >= 4 is 5.95 Å². The number of aliphatic hydroxyl groups excluding tert-OH is 1. The summed E-state index contributed by atoms with van der Waals surface area (Å²) in [6.07, 6.45) is 0.829. The van der Waals surface area contributed by atoms with Crippen molar-refractivity contribution in [3.63, 3.8) is 0 Å². The lowest BCUT2D eigenvalue weighted by Crippen LogP contribution is -2.50. The molecule has 0 bridgehead atoms. The zero-order valence-electron chi connectivity index (χ0n) is 17.9. The Balaban J connectivity index is 1.61. The molecule has 3 unspecified atom stereocenters. The van der Waals surface area contributed by atoms with Gasteiger partial charge in [0, 0.05) is 34.8 Å². The first-order valence-electron chi connectivity index (χ1n) is 10.8. The summed E-state index contributed by atoms with van der Waals surface area (Å²) in [5, 5.41) is 13.1. The summed E-state index contributed by atoms with van der Waals surface area (Å²) in [5.74, 6) is -0.997. The average Bonchev–Trinajstić information content (AvgIpc) is 2.97. The van der Waals surface area contributed by atoms with Gasteiger partial charge in [-0.1, -0.05) is 6.92 Å². The van der Waals surface area contributed by atoms with E-state index in [0.29, 0.717) is 36.5 Å². The van der Waals surface area contributed by atoms with Crippen LogP contribution in [0.3, 0.4) is 0 Å². The largest absolute Gasteiger partial charge is 0.492 e. The number of hydrogen-bond acceptors (Lipinski definition) is 8. The van der Waals surface area contributed by atoms with E-state index in [1.54, 1.807) is 0 Å². The first kappa shape index (κ1) is 21.4. The highest BCUT2D eigenvalue weighted by Crippen LogP contribution is 2.57. The van der Waals surface area contributed by atoms with Gasteiger partial charge >= 0.3 is 0 Å². The molecule has 2 aliphatic heterocycles. The van der Waals surface area contributed by atoms with Crippen molar-refractivity contribution in [2.24, 2.45) is 17.4 Å². The molecule has 1 aromatic carbocycles. The molecule has 1 aliphatic carbocycles. The second kappa shape index (κ2) is 7.58. The fraction of sp³-hybridized carbons (Fsp3) is 0.545. The maximum atomic E-state index is 15.3. The summed E-state index contributed by atoms with van der Waals surface area (Å²) in [5.41, 5.74) is 13.1. The van der Waals surface area contributed by atoms with E-state index in [1.807, 2.05) is 13.8 Å². The fourth-order valence-electron chi connectivity index (χ4n) is 5.33. The molecule has 32 heavy (non-hydrogen) atoms. The molecule has 3 heterocycles. The molecule has 1 fully saturated rings. The summed E-state index contributed by atoms with van der Waals surface area (Å²) < 4.78 is 41.4. The molecule has 10 heteroatoms. The third-order valence-electron chi connectivity index (χ3n) is 6.97. The maximum absolute atomic E-state index is 15.3. The number of nitrogens with two attached hydrogens (primary N) is 2. The lowest BCUT2D eigenvalue weighted by atomic mass is 9.76. The molecule has 5 rings (SSSR count). The topological polar surface area (TPSA) is 129 Å². The van der Waals surface area contributed by atoms with Crippen LogP contribution < -0.4 is 21.5 Å². The van der Waals surface area contributed by atoms with Gasteiger partial charge < -0.3 is 31.4 Å². The number of aromatic nitrogens is 2. The SMILES string of the molecule is CC1COc2c(-c3nc(N[C@@H]4CCOC[C@H]4O)ncc3F)cc(F)c3c2C1[C@@](C)(N)C3N. The number of halogens is 2. The number of benzene rings is 1. The molecule has 0 amide bonds. The predicted octanol–water partition coefficient (Wildman–Crippen LogP) is 1.83. The molecular weight excluding hydrogens is 420 g/mol. The molecular formula is C22H27F2N5O3. The Morgan fingerprint density at radius 2 is 2.03 bits per heavy atom. The second-order valence-electron chi connectivity index (χ2n) is 9.24. The standard InChI is InChI=1S/C22H27F2N5O3/c1-9-7-32-19-10(5-11(23)15-16(19)17(9)22(2,26)20(15)25)18-12(24)6-27-21(29-18)28-13-3-4-31-8-14(13)30/h5-6,9,13-14,17,20,30H,3-4,7-8,25-26H2,1-2H3,(H,27,28,29)/t9?,13-,14-,17?,20?,22-/m1/s1.